The standard InChI is InChI=1S/C17H14N2O2/c1-11-12(8-14(9-18)19(11)2)7-13-10-21-16-6-4-3-5-15(16)17(13)20/h3-8H,10H2,1-2H3/b13-7-. The monoisotopic (exact) mass is 278 g/mol. The maximum atomic E-state index is 12.5. The zero-order chi connectivity index (χ0) is 15.0. The Balaban J connectivity index is 2.03. The van der Waals surface area contributed by atoms with Crippen LogP contribution in [0.1, 0.15) is 27.3 Å². The number of carbonyl (C=O) groups excluding carboxylic acids is 1. The maximum absolute atomic E-state index is 12.5. The van der Waals surface area contributed by atoms with Crippen molar-refractivity contribution in [3.8, 4) is 11.8 Å². The predicted octanol–water partition coefficient (Wildman–Crippen LogP) is 2.86. The Bertz CT molecular complexity index is 807. The number of hydrogen-bond acceptors (Lipinski definition) is 3. The van der Waals surface area contributed by atoms with Gasteiger partial charge in [0.1, 0.15) is 24.1 Å². The fraction of sp³-hybridized carbons (Fsp3) is 0.176. The molecule has 0 spiro atoms. The molecule has 3 rings (SSSR count). The first-order chi connectivity index (χ1) is 10.1. The van der Waals surface area contributed by atoms with Crippen molar-refractivity contribution in [3.63, 3.8) is 0 Å². The third-order valence-corrected chi connectivity index (χ3v) is 3.83. The third-order valence-electron chi connectivity index (χ3n) is 3.83. The minimum atomic E-state index is -0.0152. The van der Waals surface area contributed by atoms with E-state index in [1.54, 1.807) is 18.2 Å². The summed E-state index contributed by atoms with van der Waals surface area (Å²) in [5.41, 5.74) is 3.59. The average Bonchev–Trinajstić information content (AvgIpc) is 2.78. The lowest BCUT2D eigenvalue weighted by Gasteiger charge is -2.18. The molecular weight excluding hydrogens is 264 g/mol. The number of nitriles is 1. The van der Waals surface area contributed by atoms with Gasteiger partial charge >= 0.3 is 0 Å². The van der Waals surface area contributed by atoms with Gasteiger partial charge in [0.2, 0.25) is 0 Å². The van der Waals surface area contributed by atoms with E-state index in [4.69, 9.17) is 10.00 Å². The van der Waals surface area contributed by atoms with Crippen LogP contribution in [0.2, 0.25) is 0 Å². The number of Topliss-reactive ketones (excluding diaryl/α,β-unsaturated/α-hetero) is 1. The maximum Gasteiger partial charge on any atom is 0.196 e. The van der Waals surface area contributed by atoms with Gasteiger partial charge in [-0.25, -0.2) is 0 Å². The molecular formula is C17H14N2O2. The first kappa shape index (κ1) is 13.2. The van der Waals surface area contributed by atoms with Crippen molar-refractivity contribution < 1.29 is 9.53 Å². The molecule has 0 amide bonds. The number of carbonyl (C=O) groups is 1. The van der Waals surface area contributed by atoms with Gasteiger partial charge in [0.05, 0.1) is 5.56 Å². The van der Waals surface area contributed by atoms with E-state index in [9.17, 15) is 4.79 Å². The minimum absolute atomic E-state index is 0.0152. The summed E-state index contributed by atoms with van der Waals surface area (Å²) in [6, 6.07) is 11.2. The number of nitrogens with zero attached hydrogens (tertiary/aromatic N) is 2. The van der Waals surface area contributed by atoms with Gasteiger partial charge in [-0.3, -0.25) is 4.79 Å². The Morgan fingerprint density at radius 1 is 1.38 bits per heavy atom. The highest BCUT2D eigenvalue weighted by Crippen LogP contribution is 2.28. The number of ether oxygens (including phenoxy) is 1. The van der Waals surface area contributed by atoms with Crippen molar-refractivity contribution in [1.82, 2.24) is 4.57 Å². The smallest absolute Gasteiger partial charge is 0.196 e. The van der Waals surface area contributed by atoms with Crippen LogP contribution in [0.15, 0.2) is 35.9 Å². The summed E-state index contributed by atoms with van der Waals surface area (Å²) >= 11 is 0. The molecule has 4 nitrogen and oxygen atoms in total. The van der Waals surface area contributed by atoms with Crippen LogP contribution in [-0.4, -0.2) is 17.0 Å². The second-order valence-electron chi connectivity index (χ2n) is 5.02. The van der Waals surface area contributed by atoms with E-state index in [-0.39, 0.29) is 12.4 Å². The molecule has 0 aliphatic carbocycles. The fourth-order valence-electron chi connectivity index (χ4n) is 2.45. The van der Waals surface area contributed by atoms with Crippen molar-refractivity contribution in [2.24, 2.45) is 7.05 Å². The van der Waals surface area contributed by atoms with Gasteiger partial charge in [0.25, 0.3) is 0 Å². The highest BCUT2D eigenvalue weighted by atomic mass is 16.5. The predicted molar refractivity (Wildman–Crippen MR) is 79.1 cm³/mol. The average molecular weight is 278 g/mol. The number of rotatable bonds is 1. The van der Waals surface area contributed by atoms with E-state index in [1.807, 2.05) is 36.7 Å². The van der Waals surface area contributed by atoms with Gasteiger partial charge in [-0.05, 0) is 36.8 Å². The highest BCUT2D eigenvalue weighted by molar-refractivity contribution is 6.14. The number of para-hydroxylation sites is 1. The van der Waals surface area contributed by atoms with Gasteiger partial charge in [-0.1, -0.05) is 12.1 Å². The number of fused-ring (bicyclic) bond motifs is 1. The molecule has 4 heteroatoms. The van der Waals surface area contributed by atoms with Crippen LogP contribution >= 0.6 is 0 Å². The van der Waals surface area contributed by atoms with Crippen LogP contribution in [0.25, 0.3) is 6.08 Å². The largest absolute Gasteiger partial charge is 0.488 e. The van der Waals surface area contributed by atoms with Crippen molar-refractivity contribution in [3.05, 3.63) is 58.4 Å². The third kappa shape index (κ3) is 2.13. The zero-order valence-electron chi connectivity index (χ0n) is 11.9. The van der Waals surface area contributed by atoms with Crippen LogP contribution in [0.5, 0.6) is 5.75 Å². The second-order valence-corrected chi connectivity index (χ2v) is 5.02. The molecule has 0 unspecified atom stereocenters. The minimum Gasteiger partial charge on any atom is -0.488 e. The molecule has 0 radical (unpaired) electrons. The number of hydrogen-bond donors (Lipinski definition) is 0. The molecule has 0 atom stereocenters. The summed E-state index contributed by atoms with van der Waals surface area (Å²) in [5.74, 6) is 0.612. The van der Waals surface area contributed by atoms with E-state index in [0.717, 1.165) is 11.3 Å². The van der Waals surface area contributed by atoms with E-state index >= 15 is 0 Å². The molecule has 1 aliphatic heterocycles. The van der Waals surface area contributed by atoms with E-state index in [2.05, 4.69) is 6.07 Å². The summed E-state index contributed by atoms with van der Waals surface area (Å²) in [5, 5.41) is 9.06. The van der Waals surface area contributed by atoms with Crippen LogP contribution in [0, 0.1) is 18.3 Å². The van der Waals surface area contributed by atoms with Crippen molar-refractivity contribution in [1.29, 1.82) is 5.26 Å². The lowest BCUT2D eigenvalue weighted by Crippen LogP contribution is -2.18. The summed E-state index contributed by atoms with van der Waals surface area (Å²) in [6.45, 7) is 2.18. The van der Waals surface area contributed by atoms with E-state index in [1.165, 1.54) is 0 Å². The molecule has 0 fully saturated rings. The van der Waals surface area contributed by atoms with Crippen LogP contribution in [0.4, 0.5) is 0 Å². The molecule has 1 aliphatic rings. The highest BCUT2D eigenvalue weighted by Gasteiger charge is 2.23. The van der Waals surface area contributed by atoms with E-state index < -0.39 is 0 Å². The van der Waals surface area contributed by atoms with Crippen LogP contribution in [0.3, 0.4) is 0 Å². The molecule has 104 valence electrons. The lowest BCUT2D eigenvalue weighted by molar-refractivity contribution is 0.100. The Morgan fingerprint density at radius 3 is 2.86 bits per heavy atom. The van der Waals surface area contributed by atoms with Crippen LogP contribution in [-0.2, 0) is 7.05 Å². The summed E-state index contributed by atoms with van der Waals surface area (Å²) < 4.78 is 7.43. The molecule has 1 aromatic carbocycles. The number of benzene rings is 1. The van der Waals surface area contributed by atoms with E-state index in [0.29, 0.717) is 22.6 Å². The van der Waals surface area contributed by atoms with Crippen molar-refractivity contribution >= 4 is 11.9 Å². The van der Waals surface area contributed by atoms with Crippen molar-refractivity contribution in [2.45, 2.75) is 6.92 Å². The van der Waals surface area contributed by atoms with Gasteiger partial charge in [0.15, 0.2) is 5.78 Å². The molecule has 21 heavy (non-hydrogen) atoms. The molecule has 0 N–H and O–H groups in total. The summed E-state index contributed by atoms with van der Waals surface area (Å²) in [6.07, 6.45) is 1.81. The molecule has 2 aromatic rings. The Hall–Kier alpha value is -2.80. The fourth-order valence-corrected chi connectivity index (χ4v) is 2.45. The molecule has 2 heterocycles. The first-order valence-corrected chi connectivity index (χ1v) is 6.65. The van der Waals surface area contributed by atoms with Crippen molar-refractivity contribution in [2.75, 3.05) is 6.61 Å². The van der Waals surface area contributed by atoms with Gasteiger partial charge in [-0.15, -0.1) is 0 Å². The normalized spacial score (nSPS) is 15.5. The Labute approximate surface area is 122 Å². The quantitative estimate of drug-likeness (QED) is 0.754. The molecule has 0 saturated carbocycles. The molecule has 0 saturated heterocycles. The topological polar surface area (TPSA) is 55.0 Å². The molecule has 0 bridgehead atoms. The first-order valence-electron chi connectivity index (χ1n) is 6.65. The van der Waals surface area contributed by atoms with Gasteiger partial charge in [0, 0.05) is 18.3 Å². The zero-order valence-corrected chi connectivity index (χ0v) is 11.9. The number of aromatic nitrogens is 1. The van der Waals surface area contributed by atoms with Gasteiger partial charge < -0.3 is 9.30 Å². The van der Waals surface area contributed by atoms with Gasteiger partial charge in [-0.2, -0.15) is 5.26 Å². The SMILES string of the molecule is Cc1c(/C=C2/COc3ccccc3C2=O)cc(C#N)n1C. The summed E-state index contributed by atoms with van der Waals surface area (Å²) in [7, 11) is 1.84. The van der Waals surface area contributed by atoms with Crippen LogP contribution < -0.4 is 4.74 Å². The molecule has 1 aromatic heterocycles. The second kappa shape index (κ2) is 4.95. The summed E-state index contributed by atoms with van der Waals surface area (Å²) in [4.78, 5) is 12.5. The number of ketones is 1. The lowest BCUT2D eigenvalue weighted by atomic mass is 9.98. The Kier molecular flexibility index (Phi) is 3.11. The Morgan fingerprint density at radius 2 is 2.14 bits per heavy atom.